The predicted molar refractivity (Wildman–Crippen MR) is 67.7 cm³/mol. The van der Waals surface area contributed by atoms with Crippen molar-refractivity contribution < 1.29 is 4.79 Å². The number of rotatable bonds is 1. The smallest absolute Gasteiger partial charge is 0.224 e. The summed E-state index contributed by atoms with van der Waals surface area (Å²) in [5.74, 6) is 0.117. The van der Waals surface area contributed by atoms with Gasteiger partial charge >= 0.3 is 0 Å². The van der Waals surface area contributed by atoms with E-state index in [4.69, 9.17) is 5.73 Å². The molecule has 0 unspecified atom stereocenters. The molecule has 1 aromatic carbocycles. The van der Waals surface area contributed by atoms with E-state index in [-0.39, 0.29) is 11.4 Å². The Morgan fingerprint density at radius 3 is 2.71 bits per heavy atom. The van der Waals surface area contributed by atoms with Crippen LogP contribution in [0.25, 0.3) is 0 Å². The molecule has 1 amide bonds. The minimum atomic E-state index is -0.226. The van der Waals surface area contributed by atoms with Crippen molar-refractivity contribution in [3.8, 4) is 0 Å². The third kappa shape index (κ3) is 1.75. The molecular formula is C14H18N2O. The molecule has 1 aromatic rings. The van der Waals surface area contributed by atoms with E-state index in [9.17, 15) is 4.79 Å². The fraction of sp³-hybridized carbons (Fsp3) is 0.500. The number of nitrogens with one attached hydrogen (secondary N) is 1. The Bertz CT molecular complexity index is 461. The van der Waals surface area contributed by atoms with Crippen LogP contribution in [0.15, 0.2) is 18.2 Å². The van der Waals surface area contributed by atoms with Gasteiger partial charge in [0.2, 0.25) is 5.91 Å². The minimum absolute atomic E-state index is 0.117. The molecule has 1 fully saturated rings. The van der Waals surface area contributed by atoms with Gasteiger partial charge in [0.25, 0.3) is 0 Å². The molecule has 3 rings (SSSR count). The molecule has 0 bridgehead atoms. The zero-order chi connectivity index (χ0) is 11.9. The second kappa shape index (κ2) is 3.84. The first-order valence-corrected chi connectivity index (χ1v) is 6.40. The number of carbonyl (C=O) groups is 1. The van der Waals surface area contributed by atoms with Gasteiger partial charge in [0, 0.05) is 17.6 Å². The molecule has 0 spiro atoms. The number of hydrogen-bond donors (Lipinski definition) is 2. The Morgan fingerprint density at radius 2 is 1.94 bits per heavy atom. The highest BCUT2D eigenvalue weighted by molar-refractivity contribution is 5.95. The first-order chi connectivity index (χ1) is 8.19. The van der Waals surface area contributed by atoms with Crippen LogP contribution >= 0.6 is 0 Å². The molecule has 3 N–H and O–H groups in total. The molecule has 1 heterocycles. The van der Waals surface area contributed by atoms with Gasteiger partial charge in [0.05, 0.1) is 0 Å². The van der Waals surface area contributed by atoms with Crippen molar-refractivity contribution >= 4 is 11.6 Å². The maximum atomic E-state index is 11.5. The summed E-state index contributed by atoms with van der Waals surface area (Å²) < 4.78 is 0. The number of benzene rings is 1. The van der Waals surface area contributed by atoms with Crippen molar-refractivity contribution in [2.24, 2.45) is 5.73 Å². The van der Waals surface area contributed by atoms with E-state index >= 15 is 0 Å². The Hall–Kier alpha value is -1.35. The van der Waals surface area contributed by atoms with Crippen LogP contribution in [0.1, 0.15) is 43.2 Å². The van der Waals surface area contributed by atoms with Crippen LogP contribution in [-0.4, -0.2) is 5.91 Å². The Morgan fingerprint density at radius 1 is 1.18 bits per heavy atom. The van der Waals surface area contributed by atoms with Crippen molar-refractivity contribution in [2.45, 2.75) is 44.1 Å². The standard InChI is InChI=1S/C14H18N2O/c15-14(8-1-2-9-14)11-5-3-4-10-6-7-12(17)16-13(10)11/h3-5H,1-2,6-9,15H2,(H,16,17). The monoisotopic (exact) mass is 230 g/mol. The summed E-state index contributed by atoms with van der Waals surface area (Å²) in [6.45, 7) is 0. The van der Waals surface area contributed by atoms with Crippen molar-refractivity contribution in [1.29, 1.82) is 0 Å². The van der Waals surface area contributed by atoms with Gasteiger partial charge in [0.1, 0.15) is 0 Å². The summed E-state index contributed by atoms with van der Waals surface area (Å²) in [7, 11) is 0. The quantitative estimate of drug-likeness (QED) is 0.777. The average Bonchev–Trinajstić information content (AvgIpc) is 2.76. The van der Waals surface area contributed by atoms with Crippen molar-refractivity contribution in [2.75, 3.05) is 5.32 Å². The third-order valence-corrected chi connectivity index (χ3v) is 4.07. The van der Waals surface area contributed by atoms with Gasteiger partial charge < -0.3 is 11.1 Å². The number of aryl methyl sites for hydroxylation is 1. The summed E-state index contributed by atoms with van der Waals surface area (Å²) in [6.07, 6.45) is 5.86. The number of carbonyl (C=O) groups excluding carboxylic acids is 1. The second-order valence-electron chi connectivity index (χ2n) is 5.25. The van der Waals surface area contributed by atoms with E-state index in [1.165, 1.54) is 18.4 Å². The average molecular weight is 230 g/mol. The van der Waals surface area contributed by atoms with Gasteiger partial charge in [-0.3, -0.25) is 4.79 Å². The minimum Gasteiger partial charge on any atom is -0.326 e. The van der Waals surface area contributed by atoms with Crippen LogP contribution in [0.4, 0.5) is 5.69 Å². The summed E-state index contributed by atoms with van der Waals surface area (Å²) in [5.41, 5.74) is 9.64. The van der Waals surface area contributed by atoms with Crippen molar-refractivity contribution in [3.63, 3.8) is 0 Å². The summed E-state index contributed by atoms with van der Waals surface area (Å²) in [4.78, 5) is 11.5. The van der Waals surface area contributed by atoms with E-state index in [1.54, 1.807) is 0 Å². The SMILES string of the molecule is NC1(c2cccc3c2NC(=O)CC3)CCCC1. The Labute approximate surface area is 101 Å². The summed E-state index contributed by atoms with van der Waals surface area (Å²) >= 11 is 0. The second-order valence-corrected chi connectivity index (χ2v) is 5.25. The molecule has 0 atom stereocenters. The van der Waals surface area contributed by atoms with E-state index in [0.29, 0.717) is 6.42 Å². The maximum absolute atomic E-state index is 11.5. The molecular weight excluding hydrogens is 212 g/mol. The summed E-state index contributed by atoms with van der Waals surface area (Å²) in [5, 5.41) is 3.01. The van der Waals surface area contributed by atoms with E-state index in [0.717, 1.165) is 30.5 Å². The fourth-order valence-corrected chi connectivity index (χ4v) is 3.10. The van der Waals surface area contributed by atoms with Crippen molar-refractivity contribution in [3.05, 3.63) is 29.3 Å². The number of hydrogen-bond acceptors (Lipinski definition) is 2. The molecule has 3 heteroatoms. The highest BCUT2D eigenvalue weighted by Gasteiger charge is 2.34. The molecule has 0 aromatic heterocycles. The van der Waals surface area contributed by atoms with Gasteiger partial charge in [-0.15, -0.1) is 0 Å². The lowest BCUT2D eigenvalue weighted by molar-refractivity contribution is -0.116. The first kappa shape index (κ1) is 10.8. The fourth-order valence-electron chi connectivity index (χ4n) is 3.10. The topological polar surface area (TPSA) is 55.1 Å². The highest BCUT2D eigenvalue weighted by Crippen LogP contribution is 2.41. The molecule has 1 aliphatic carbocycles. The molecule has 2 aliphatic rings. The predicted octanol–water partition coefficient (Wildman–Crippen LogP) is 2.30. The lowest BCUT2D eigenvalue weighted by Gasteiger charge is -2.30. The molecule has 1 saturated carbocycles. The first-order valence-electron chi connectivity index (χ1n) is 6.40. The molecule has 17 heavy (non-hydrogen) atoms. The lowest BCUT2D eigenvalue weighted by Crippen LogP contribution is -2.35. The highest BCUT2D eigenvalue weighted by atomic mass is 16.1. The van der Waals surface area contributed by atoms with Crippen molar-refractivity contribution in [1.82, 2.24) is 0 Å². The Balaban J connectivity index is 2.08. The molecule has 3 nitrogen and oxygen atoms in total. The Kier molecular flexibility index (Phi) is 2.44. The van der Waals surface area contributed by atoms with Crippen LogP contribution in [-0.2, 0) is 16.8 Å². The molecule has 1 aliphatic heterocycles. The van der Waals surface area contributed by atoms with Gasteiger partial charge in [-0.1, -0.05) is 31.0 Å². The van der Waals surface area contributed by atoms with Crippen LogP contribution < -0.4 is 11.1 Å². The third-order valence-electron chi connectivity index (χ3n) is 4.07. The van der Waals surface area contributed by atoms with Crippen LogP contribution in [0.5, 0.6) is 0 Å². The number of amides is 1. The van der Waals surface area contributed by atoms with E-state index in [2.05, 4.69) is 23.5 Å². The maximum Gasteiger partial charge on any atom is 0.224 e. The van der Waals surface area contributed by atoms with Crippen LogP contribution in [0.2, 0.25) is 0 Å². The largest absolute Gasteiger partial charge is 0.326 e. The van der Waals surface area contributed by atoms with Gasteiger partial charge in [0.15, 0.2) is 0 Å². The number of fused-ring (bicyclic) bond motifs is 1. The number of anilines is 1. The zero-order valence-corrected chi connectivity index (χ0v) is 9.96. The van der Waals surface area contributed by atoms with E-state index in [1.807, 2.05) is 0 Å². The van der Waals surface area contributed by atoms with Crippen LogP contribution in [0, 0.1) is 0 Å². The van der Waals surface area contributed by atoms with Gasteiger partial charge in [-0.25, -0.2) is 0 Å². The van der Waals surface area contributed by atoms with Gasteiger partial charge in [-0.2, -0.15) is 0 Å². The van der Waals surface area contributed by atoms with Gasteiger partial charge in [-0.05, 0) is 30.4 Å². The molecule has 90 valence electrons. The number of nitrogens with two attached hydrogens (primary N) is 1. The van der Waals surface area contributed by atoms with E-state index < -0.39 is 0 Å². The molecule has 0 saturated heterocycles. The zero-order valence-electron chi connectivity index (χ0n) is 9.96. The number of para-hydroxylation sites is 1. The molecule has 0 radical (unpaired) electrons. The lowest BCUT2D eigenvalue weighted by atomic mass is 9.85. The summed E-state index contributed by atoms with van der Waals surface area (Å²) in [6, 6.07) is 6.24. The van der Waals surface area contributed by atoms with Crippen LogP contribution in [0.3, 0.4) is 0 Å². The normalized spacial score (nSPS) is 22.1.